The van der Waals surface area contributed by atoms with Crippen molar-refractivity contribution in [1.82, 2.24) is 29.9 Å². The number of hydrogen-bond acceptors (Lipinski definition) is 9. The van der Waals surface area contributed by atoms with Gasteiger partial charge in [-0.2, -0.15) is 9.97 Å². The number of nitrogens with two attached hydrogens (primary N) is 1. The molecular formula is C15H18N8O2S. The lowest BCUT2D eigenvalue weighted by atomic mass is 10.3. The van der Waals surface area contributed by atoms with Gasteiger partial charge >= 0.3 is 0 Å². The van der Waals surface area contributed by atoms with E-state index < -0.39 is 5.25 Å². The number of fused-ring (bicyclic) bond motifs is 1. The number of carbonyl (C=O) groups excluding carboxylic acids is 1. The molecule has 0 aliphatic carbocycles. The van der Waals surface area contributed by atoms with Crippen LogP contribution in [-0.2, 0) is 4.79 Å². The van der Waals surface area contributed by atoms with Gasteiger partial charge in [0.15, 0.2) is 5.65 Å². The number of amides is 1. The Morgan fingerprint density at radius 2 is 2.19 bits per heavy atom. The smallest absolute Gasteiger partial charge is 0.240 e. The highest BCUT2D eigenvalue weighted by molar-refractivity contribution is 8.00. The Kier molecular flexibility index (Phi) is 5.16. The molecule has 0 fully saturated rings. The summed E-state index contributed by atoms with van der Waals surface area (Å²) < 4.78 is 5.03. The van der Waals surface area contributed by atoms with Gasteiger partial charge in [0.25, 0.3) is 0 Å². The average molecular weight is 374 g/mol. The van der Waals surface area contributed by atoms with Crippen LogP contribution in [0, 0.1) is 6.92 Å². The van der Waals surface area contributed by atoms with Gasteiger partial charge in [-0.05, 0) is 13.3 Å². The fraction of sp³-hybridized carbons (Fsp3) is 0.333. The number of H-pyrrole nitrogens is 1. The Balaban J connectivity index is 1.82. The van der Waals surface area contributed by atoms with E-state index >= 15 is 0 Å². The molecule has 11 heteroatoms. The van der Waals surface area contributed by atoms with Crippen LogP contribution in [0.2, 0.25) is 0 Å². The van der Waals surface area contributed by atoms with E-state index in [0.29, 0.717) is 34.3 Å². The van der Waals surface area contributed by atoms with Crippen molar-refractivity contribution in [2.24, 2.45) is 0 Å². The number of methoxy groups -OCH3 is 1. The predicted octanol–water partition coefficient (Wildman–Crippen LogP) is 1.55. The molecule has 0 aliphatic heterocycles. The Hall–Kier alpha value is -2.95. The highest BCUT2D eigenvalue weighted by Gasteiger charge is 2.22. The van der Waals surface area contributed by atoms with Crippen molar-refractivity contribution < 1.29 is 9.53 Å². The molecule has 0 spiro atoms. The van der Waals surface area contributed by atoms with Crippen LogP contribution in [0.3, 0.4) is 0 Å². The largest absolute Gasteiger partial charge is 0.481 e. The molecule has 3 aromatic heterocycles. The third kappa shape index (κ3) is 3.82. The Morgan fingerprint density at radius 3 is 2.92 bits per heavy atom. The molecular weight excluding hydrogens is 356 g/mol. The summed E-state index contributed by atoms with van der Waals surface area (Å²) in [5.74, 6) is 1.11. The first-order valence-corrected chi connectivity index (χ1v) is 8.72. The van der Waals surface area contributed by atoms with Crippen LogP contribution >= 0.6 is 11.8 Å². The average Bonchev–Trinajstić information content (AvgIpc) is 2.99. The van der Waals surface area contributed by atoms with Crippen molar-refractivity contribution >= 4 is 40.7 Å². The SMILES string of the molecule is CC[C@@H](Sc1nc(N)nc2nc(C)[nH]c12)C(=O)Nc1nccc(OC)n1. The summed E-state index contributed by atoms with van der Waals surface area (Å²) in [5.41, 5.74) is 6.89. The molecule has 26 heavy (non-hydrogen) atoms. The van der Waals surface area contributed by atoms with Gasteiger partial charge in [0.2, 0.25) is 23.7 Å². The van der Waals surface area contributed by atoms with Crippen molar-refractivity contribution in [2.75, 3.05) is 18.2 Å². The van der Waals surface area contributed by atoms with Crippen LogP contribution in [-0.4, -0.2) is 48.2 Å². The maximum atomic E-state index is 12.6. The van der Waals surface area contributed by atoms with Crippen molar-refractivity contribution in [3.8, 4) is 5.88 Å². The summed E-state index contributed by atoms with van der Waals surface area (Å²) in [6.07, 6.45) is 2.08. The quantitative estimate of drug-likeness (QED) is 0.432. The molecule has 3 rings (SSSR count). The van der Waals surface area contributed by atoms with Gasteiger partial charge in [0, 0.05) is 12.3 Å². The lowest BCUT2D eigenvalue weighted by Gasteiger charge is -2.14. The second kappa shape index (κ2) is 7.52. The van der Waals surface area contributed by atoms with Gasteiger partial charge in [0.1, 0.15) is 16.4 Å². The molecule has 0 unspecified atom stereocenters. The fourth-order valence-corrected chi connectivity index (χ4v) is 3.26. The van der Waals surface area contributed by atoms with Gasteiger partial charge in [-0.3, -0.25) is 10.1 Å². The normalized spacial score (nSPS) is 12.1. The molecule has 3 aromatic rings. The zero-order chi connectivity index (χ0) is 18.7. The molecule has 1 atom stereocenters. The van der Waals surface area contributed by atoms with Gasteiger partial charge in [-0.1, -0.05) is 18.7 Å². The van der Waals surface area contributed by atoms with Crippen LogP contribution in [0.5, 0.6) is 5.88 Å². The number of carbonyl (C=O) groups is 1. The second-order valence-electron chi connectivity index (χ2n) is 5.33. The first kappa shape index (κ1) is 17.9. The van der Waals surface area contributed by atoms with Crippen LogP contribution in [0.25, 0.3) is 11.2 Å². The molecule has 0 saturated heterocycles. The number of thioether (sulfide) groups is 1. The molecule has 4 N–H and O–H groups in total. The third-order valence-corrected chi connectivity index (χ3v) is 4.80. The number of aryl methyl sites for hydroxylation is 1. The summed E-state index contributed by atoms with van der Waals surface area (Å²) >= 11 is 1.28. The second-order valence-corrected chi connectivity index (χ2v) is 6.53. The number of ether oxygens (including phenoxy) is 1. The first-order valence-electron chi connectivity index (χ1n) is 7.84. The van der Waals surface area contributed by atoms with Crippen LogP contribution in [0.4, 0.5) is 11.9 Å². The Morgan fingerprint density at radius 1 is 1.38 bits per heavy atom. The minimum absolute atomic E-state index is 0.109. The van der Waals surface area contributed by atoms with Gasteiger partial charge in [-0.25, -0.2) is 15.0 Å². The number of nitrogen functional groups attached to an aromatic ring is 1. The maximum Gasteiger partial charge on any atom is 0.240 e. The summed E-state index contributed by atoms with van der Waals surface area (Å²) in [7, 11) is 1.50. The van der Waals surface area contributed by atoms with Crippen molar-refractivity contribution in [3.63, 3.8) is 0 Å². The zero-order valence-corrected chi connectivity index (χ0v) is 15.3. The molecule has 3 heterocycles. The molecule has 0 radical (unpaired) electrons. The molecule has 0 aromatic carbocycles. The number of nitrogens with one attached hydrogen (secondary N) is 2. The van der Waals surface area contributed by atoms with Gasteiger partial charge in [0.05, 0.1) is 12.4 Å². The monoisotopic (exact) mass is 374 g/mol. The fourth-order valence-electron chi connectivity index (χ4n) is 2.25. The molecule has 0 bridgehead atoms. The van der Waals surface area contributed by atoms with E-state index in [4.69, 9.17) is 10.5 Å². The zero-order valence-electron chi connectivity index (χ0n) is 14.5. The van der Waals surface area contributed by atoms with E-state index in [1.807, 2.05) is 13.8 Å². The van der Waals surface area contributed by atoms with Crippen LogP contribution < -0.4 is 15.8 Å². The van der Waals surface area contributed by atoms with Crippen molar-refractivity contribution in [3.05, 3.63) is 18.1 Å². The molecule has 1 amide bonds. The first-order chi connectivity index (χ1) is 12.5. The summed E-state index contributed by atoms with van der Waals surface area (Å²) in [6, 6.07) is 1.60. The number of rotatable bonds is 6. The van der Waals surface area contributed by atoms with E-state index in [0.717, 1.165) is 0 Å². The van der Waals surface area contributed by atoms with Gasteiger partial charge < -0.3 is 15.5 Å². The number of hydrogen-bond donors (Lipinski definition) is 3. The maximum absolute atomic E-state index is 12.6. The van der Waals surface area contributed by atoms with Crippen molar-refractivity contribution in [1.29, 1.82) is 0 Å². The highest BCUT2D eigenvalue weighted by atomic mass is 32.2. The van der Waals surface area contributed by atoms with E-state index in [2.05, 4.69) is 35.2 Å². The number of anilines is 2. The lowest BCUT2D eigenvalue weighted by molar-refractivity contribution is -0.115. The lowest BCUT2D eigenvalue weighted by Crippen LogP contribution is -2.25. The summed E-state index contributed by atoms with van der Waals surface area (Å²) in [6.45, 7) is 3.72. The van der Waals surface area contributed by atoms with Crippen LogP contribution in [0.1, 0.15) is 19.2 Å². The molecule has 10 nitrogen and oxygen atoms in total. The van der Waals surface area contributed by atoms with Crippen molar-refractivity contribution in [2.45, 2.75) is 30.5 Å². The number of nitrogens with zero attached hydrogens (tertiary/aromatic N) is 5. The Labute approximate surface area is 153 Å². The van der Waals surface area contributed by atoms with Gasteiger partial charge in [-0.15, -0.1) is 0 Å². The topological polar surface area (TPSA) is 145 Å². The summed E-state index contributed by atoms with van der Waals surface area (Å²) in [5, 5.41) is 2.84. The van der Waals surface area contributed by atoms with E-state index in [-0.39, 0.29) is 17.8 Å². The van der Waals surface area contributed by atoms with E-state index in [9.17, 15) is 4.79 Å². The number of imidazole rings is 1. The summed E-state index contributed by atoms with van der Waals surface area (Å²) in [4.78, 5) is 36.4. The minimum Gasteiger partial charge on any atom is -0.481 e. The van der Waals surface area contributed by atoms with E-state index in [1.165, 1.54) is 25.1 Å². The molecule has 0 aliphatic rings. The standard InChI is InChI=1S/C15H18N8O2S/c1-4-8(12(24)22-15-17-6-5-9(20-15)25-3)26-13-10-11(19-7(2)18-10)21-14(16)23-13/h5-6,8H,4H2,1-3H3,(H,17,20,22,24)(H3,16,18,19,21,23)/t8-/m1/s1. The number of aromatic nitrogens is 6. The highest BCUT2D eigenvalue weighted by Crippen LogP contribution is 2.30. The third-order valence-electron chi connectivity index (χ3n) is 3.44. The van der Waals surface area contributed by atoms with Crippen LogP contribution in [0.15, 0.2) is 17.3 Å². The molecule has 0 saturated carbocycles. The Bertz CT molecular complexity index is 945. The number of aromatic amines is 1. The van der Waals surface area contributed by atoms with E-state index in [1.54, 1.807) is 6.07 Å². The minimum atomic E-state index is -0.425. The molecule has 136 valence electrons. The predicted molar refractivity (Wildman–Crippen MR) is 98.0 cm³/mol.